The Morgan fingerprint density at radius 3 is 2.59 bits per heavy atom. The van der Waals surface area contributed by atoms with Crippen LogP contribution in [0.4, 0.5) is 11.4 Å². The third-order valence-electron chi connectivity index (χ3n) is 6.66. The summed E-state index contributed by atoms with van der Waals surface area (Å²) in [6.45, 7) is 0.903. The molecule has 206 valence electrons. The largest absolute Gasteiger partial charge is 0.497 e. The van der Waals surface area contributed by atoms with Crippen LogP contribution < -0.4 is 19.1 Å². The lowest BCUT2D eigenvalue weighted by Gasteiger charge is -2.29. The van der Waals surface area contributed by atoms with Gasteiger partial charge in [0.25, 0.3) is 15.7 Å². The first-order chi connectivity index (χ1) is 18.5. The first-order valence-electron chi connectivity index (χ1n) is 12.1. The standard InChI is InChI=1S/C27H28ClN3O7S/c1-17-7-10-21(15-24(17)31(33)34)39(35,36)30(25-14-19(28)8-12-26(25)38-3)16-27(32)29-23-6-4-5-18-13-20(37-2)9-11-22(18)23/h7-15,23H,4-6,16H2,1-3H3,(H,29,32). The van der Waals surface area contributed by atoms with Crippen LogP contribution in [0.5, 0.6) is 11.5 Å². The number of carbonyl (C=O) groups excluding carboxylic acids is 1. The Labute approximate surface area is 231 Å². The van der Waals surface area contributed by atoms with E-state index in [4.69, 9.17) is 21.1 Å². The summed E-state index contributed by atoms with van der Waals surface area (Å²) in [5.41, 5.74) is 1.97. The summed E-state index contributed by atoms with van der Waals surface area (Å²) in [6, 6.07) is 13.3. The van der Waals surface area contributed by atoms with Crippen molar-refractivity contribution in [2.75, 3.05) is 25.1 Å². The summed E-state index contributed by atoms with van der Waals surface area (Å²) in [5, 5.41) is 14.7. The summed E-state index contributed by atoms with van der Waals surface area (Å²) >= 11 is 6.20. The summed E-state index contributed by atoms with van der Waals surface area (Å²) in [4.78, 5) is 23.9. The van der Waals surface area contributed by atoms with Gasteiger partial charge in [-0.2, -0.15) is 0 Å². The fraction of sp³-hybridized carbons (Fsp3) is 0.296. The van der Waals surface area contributed by atoms with E-state index in [2.05, 4.69) is 5.32 Å². The molecule has 10 nitrogen and oxygen atoms in total. The van der Waals surface area contributed by atoms with Crippen molar-refractivity contribution in [3.63, 3.8) is 0 Å². The molecule has 0 saturated heterocycles. The van der Waals surface area contributed by atoms with Gasteiger partial charge < -0.3 is 14.8 Å². The number of carbonyl (C=O) groups is 1. The number of ether oxygens (including phenoxy) is 2. The fourth-order valence-corrected chi connectivity index (χ4v) is 6.28. The van der Waals surface area contributed by atoms with Gasteiger partial charge in [-0.25, -0.2) is 8.42 Å². The Balaban J connectivity index is 1.72. The molecule has 3 aromatic carbocycles. The number of hydrogen-bond acceptors (Lipinski definition) is 7. The molecule has 1 atom stereocenters. The molecule has 0 saturated carbocycles. The maximum absolute atomic E-state index is 13.9. The van der Waals surface area contributed by atoms with Crippen molar-refractivity contribution in [1.29, 1.82) is 0 Å². The number of nitro benzene ring substituents is 1. The Morgan fingerprint density at radius 1 is 1.13 bits per heavy atom. The third kappa shape index (κ3) is 5.94. The van der Waals surface area contributed by atoms with Crippen molar-refractivity contribution in [3.05, 3.63) is 86.4 Å². The van der Waals surface area contributed by atoms with Gasteiger partial charge in [-0.1, -0.05) is 23.7 Å². The SMILES string of the molecule is COc1ccc2c(c1)CCCC2NC(=O)CN(c1cc(Cl)ccc1OC)S(=O)(=O)c1ccc(C)c([N+](=O)[O-])c1. The molecule has 0 aromatic heterocycles. The smallest absolute Gasteiger partial charge is 0.273 e. The monoisotopic (exact) mass is 573 g/mol. The van der Waals surface area contributed by atoms with Crippen LogP contribution in [0.15, 0.2) is 59.5 Å². The number of halogens is 1. The van der Waals surface area contributed by atoms with E-state index >= 15 is 0 Å². The van der Waals surface area contributed by atoms with Crippen molar-refractivity contribution in [1.82, 2.24) is 5.32 Å². The Hall–Kier alpha value is -3.83. The van der Waals surface area contributed by atoms with Gasteiger partial charge in [0, 0.05) is 16.7 Å². The van der Waals surface area contributed by atoms with Crippen LogP contribution in [-0.2, 0) is 21.2 Å². The van der Waals surface area contributed by atoms with Gasteiger partial charge in [-0.15, -0.1) is 0 Å². The second kappa shape index (κ2) is 11.5. The van der Waals surface area contributed by atoms with Crippen LogP contribution in [0.1, 0.15) is 35.6 Å². The number of aryl methyl sites for hydroxylation is 2. The van der Waals surface area contributed by atoms with E-state index in [0.29, 0.717) is 12.0 Å². The van der Waals surface area contributed by atoms with Crippen molar-refractivity contribution < 1.29 is 27.6 Å². The van der Waals surface area contributed by atoms with Crippen LogP contribution in [0, 0.1) is 17.0 Å². The second-order valence-electron chi connectivity index (χ2n) is 9.11. The van der Waals surface area contributed by atoms with Crippen LogP contribution >= 0.6 is 11.6 Å². The van der Waals surface area contributed by atoms with E-state index in [0.717, 1.165) is 40.1 Å². The second-order valence-corrected chi connectivity index (χ2v) is 11.4. The van der Waals surface area contributed by atoms with Crippen molar-refractivity contribution in [2.45, 2.75) is 37.1 Å². The zero-order valence-corrected chi connectivity index (χ0v) is 23.2. The zero-order valence-electron chi connectivity index (χ0n) is 21.6. The minimum atomic E-state index is -4.47. The molecule has 0 fully saturated rings. The number of amides is 1. The molecule has 0 bridgehead atoms. The van der Waals surface area contributed by atoms with Gasteiger partial charge in [0.2, 0.25) is 5.91 Å². The average molecular weight is 574 g/mol. The molecule has 0 heterocycles. The number of benzene rings is 3. The van der Waals surface area contributed by atoms with Crippen LogP contribution in [0.25, 0.3) is 0 Å². The molecular weight excluding hydrogens is 546 g/mol. The van der Waals surface area contributed by atoms with Gasteiger partial charge in [-0.05, 0) is 73.7 Å². The Bertz CT molecular complexity index is 1530. The number of fused-ring (bicyclic) bond motifs is 1. The molecule has 39 heavy (non-hydrogen) atoms. The summed E-state index contributed by atoms with van der Waals surface area (Å²) in [5.74, 6) is 0.321. The molecule has 1 aliphatic carbocycles. The van der Waals surface area contributed by atoms with E-state index in [1.54, 1.807) is 7.11 Å². The van der Waals surface area contributed by atoms with Crippen LogP contribution in [-0.4, -0.2) is 40.0 Å². The highest BCUT2D eigenvalue weighted by Crippen LogP contribution is 2.36. The maximum Gasteiger partial charge on any atom is 0.273 e. The molecule has 3 aromatic rings. The van der Waals surface area contributed by atoms with E-state index in [9.17, 15) is 23.3 Å². The minimum Gasteiger partial charge on any atom is -0.497 e. The van der Waals surface area contributed by atoms with Crippen molar-refractivity contribution >= 4 is 38.9 Å². The summed E-state index contributed by atoms with van der Waals surface area (Å²) < 4.78 is 39.4. The van der Waals surface area contributed by atoms with Gasteiger partial charge in [-0.3, -0.25) is 19.2 Å². The molecule has 1 N–H and O–H groups in total. The molecule has 1 amide bonds. The number of hydrogen-bond donors (Lipinski definition) is 1. The molecular formula is C27H28ClN3O7S. The number of nitrogens with zero attached hydrogens (tertiary/aromatic N) is 2. The summed E-state index contributed by atoms with van der Waals surface area (Å²) in [6.07, 6.45) is 2.36. The lowest BCUT2D eigenvalue weighted by Crippen LogP contribution is -2.42. The fourth-order valence-electron chi connectivity index (χ4n) is 4.67. The average Bonchev–Trinajstić information content (AvgIpc) is 2.91. The molecule has 0 spiro atoms. The highest BCUT2D eigenvalue weighted by atomic mass is 35.5. The van der Waals surface area contributed by atoms with E-state index in [1.807, 2.05) is 18.2 Å². The minimum absolute atomic E-state index is 0.0251. The number of rotatable bonds is 9. The molecule has 1 aliphatic rings. The molecule has 1 unspecified atom stereocenters. The third-order valence-corrected chi connectivity index (χ3v) is 8.65. The number of nitrogens with one attached hydrogen (secondary N) is 1. The first kappa shape index (κ1) is 28.2. The topological polar surface area (TPSA) is 128 Å². The van der Waals surface area contributed by atoms with Crippen molar-refractivity contribution in [3.8, 4) is 11.5 Å². The Kier molecular flexibility index (Phi) is 8.31. The predicted molar refractivity (Wildman–Crippen MR) is 147 cm³/mol. The summed E-state index contributed by atoms with van der Waals surface area (Å²) in [7, 11) is -1.52. The zero-order chi connectivity index (χ0) is 28.3. The van der Waals surface area contributed by atoms with E-state index < -0.39 is 27.4 Å². The van der Waals surface area contributed by atoms with E-state index in [1.165, 1.54) is 44.4 Å². The quantitative estimate of drug-likeness (QED) is 0.283. The van der Waals surface area contributed by atoms with Gasteiger partial charge in [0.15, 0.2) is 0 Å². The van der Waals surface area contributed by atoms with Gasteiger partial charge in [0.1, 0.15) is 18.0 Å². The highest BCUT2D eigenvalue weighted by Gasteiger charge is 2.32. The van der Waals surface area contributed by atoms with Crippen molar-refractivity contribution in [2.24, 2.45) is 0 Å². The highest BCUT2D eigenvalue weighted by molar-refractivity contribution is 7.92. The predicted octanol–water partition coefficient (Wildman–Crippen LogP) is 4.96. The molecule has 12 heteroatoms. The molecule has 4 rings (SSSR count). The van der Waals surface area contributed by atoms with Crippen LogP contribution in [0.3, 0.4) is 0 Å². The Morgan fingerprint density at radius 2 is 1.90 bits per heavy atom. The van der Waals surface area contributed by atoms with Crippen LogP contribution in [0.2, 0.25) is 5.02 Å². The molecule has 0 aliphatic heterocycles. The molecule has 0 radical (unpaired) electrons. The van der Waals surface area contributed by atoms with Gasteiger partial charge in [0.05, 0.1) is 35.8 Å². The maximum atomic E-state index is 13.9. The number of methoxy groups -OCH3 is 2. The lowest BCUT2D eigenvalue weighted by atomic mass is 9.87. The normalized spacial score (nSPS) is 14.7. The number of sulfonamides is 1. The first-order valence-corrected chi connectivity index (χ1v) is 13.9. The number of anilines is 1. The van der Waals surface area contributed by atoms with E-state index in [-0.39, 0.29) is 33.1 Å². The lowest BCUT2D eigenvalue weighted by molar-refractivity contribution is -0.385. The van der Waals surface area contributed by atoms with Gasteiger partial charge >= 0.3 is 0 Å². The number of nitro groups is 1.